The summed E-state index contributed by atoms with van der Waals surface area (Å²) in [7, 11) is 0. The van der Waals surface area contributed by atoms with Gasteiger partial charge >= 0.3 is 0 Å². The van der Waals surface area contributed by atoms with Crippen LogP contribution < -0.4 is 0 Å². The van der Waals surface area contributed by atoms with Gasteiger partial charge in [0.2, 0.25) is 0 Å². The van der Waals surface area contributed by atoms with Crippen LogP contribution in [0.1, 0.15) is 24.2 Å². The van der Waals surface area contributed by atoms with Gasteiger partial charge < -0.3 is 10.2 Å². The summed E-state index contributed by atoms with van der Waals surface area (Å²) in [6.45, 7) is 1.42. The van der Waals surface area contributed by atoms with E-state index in [-0.39, 0.29) is 10.9 Å². The van der Waals surface area contributed by atoms with E-state index in [1.807, 2.05) is 0 Å². The maximum Gasteiger partial charge on any atom is 0.185 e. The first-order valence-electron chi connectivity index (χ1n) is 5.10. The number of carbonyl (C=O) groups is 1. The van der Waals surface area contributed by atoms with Crippen LogP contribution in [0.2, 0.25) is 0 Å². The lowest BCUT2D eigenvalue weighted by molar-refractivity contribution is -0.109. The molecule has 0 aliphatic heterocycles. The molecule has 1 rings (SSSR count). The molecule has 0 heterocycles. The monoisotopic (exact) mass is 250 g/mol. The number of hydrogen-bond acceptors (Lipinski definition) is 4. The Bertz CT molecular complexity index is 437. The third-order valence-electron chi connectivity index (χ3n) is 2.22. The summed E-state index contributed by atoms with van der Waals surface area (Å²) in [6.07, 6.45) is 3.23. The highest BCUT2D eigenvalue weighted by atomic mass is 32.2. The van der Waals surface area contributed by atoms with Crippen LogP contribution in [0, 0.1) is 12.3 Å². The Morgan fingerprint density at radius 2 is 2.24 bits per heavy atom. The quantitative estimate of drug-likeness (QED) is 0.792. The minimum Gasteiger partial charge on any atom is -0.389 e. The number of benzene rings is 1. The molecule has 90 valence electrons. The second-order valence-corrected chi connectivity index (χ2v) is 4.78. The highest BCUT2D eigenvalue weighted by Gasteiger charge is 2.19. The van der Waals surface area contributed by atoms with Crippen LogP contribution >= 0.6 is 11.8 Å². The predicted octanol–water partition coefficient (Wildman–Crippen LogP) is 1.34. The summed E-state index contributed by atoms with van der Waals surface area (Å²) in [5, 5.41) is 19.5. The Morgan fingerprint density at radius 3 is 2.82 bits per heavy atom. The van der Waals surface area contributed by atoms with Crippen molar-refractivity contribution in [2.45, 2.75) is 19.1 Å². The number of rotatable bonds is 4. The molecule has 1 aromatic rings. The van der Waals surface area contributed by atoms with Crippen LogP contribution in [-0.2, 0) is 4.79 Å². The molecular weight excluding hydrogens is 236 g/mol. The van der Waals surface area contributed by atoms with Crippen molar-refractivity contribution in [1.29, 1.82) is 0 Å². The molecule has 17 heavy (non-hydrogen) atoms. The van der Waals surface area contributed by atoms with E-state index in [2.05, 4.69) is 5.92 Å². The predicted molar refractivity (Wildman–Crippen MR) is 68.5 cm³/mol. The van der Waals surface area contributed by atoms with Gasteiger partial charge in [0.25, 0.3) is 0 Å². The number of aliphatic hydroxyl groups excluding tert-OH is 2. The number of thioether (sulfide) groups is 1. The Hall–Kier alpha value is -1.28. The van der Waals surface area contributed by atoms with Crippen LogP contribution in [0.15, 0.2) is 24.3 Å². The van der Waals surface area contributed by atoms with Crippen molar-refractivity contribution in [2.24, 2.45) is 0 Å². The van der Waals surface area contributed by atoms with Gasteiger partial charge in [-0.2, -0.15) is 0 Å². The van der Waals surface area contributed by atoms with Gasteiger partial charge in [-0.25, -0.2) is 0 Å². The van der Waals surface area contributed by atoms with Crippen LogP contribution in [0.4, 0.5) is 0 Å². The van der Waals surface area contributed by atoms with Gasteiger partial charge in [-0.3, -0.25) is 4.79 Å². The Balaban J connectivity index is 2.71. The third-order valence-corrected chi connectivity index (χ3v) is 3.13. The second kappa shape index (κ2) is 6.45. The van der Waals surface area contributed by atoms with Gasteiger partial charge in [-0.05, 0) is 17.7 Å². The molecular formula is C13H14O3S. The van der Waals surface area contributed by atoms with Crippen molar-refractivity contribution in [3.8, 4) is 12.3 Å². The fourth-order valence-corrected chi connectivity index (χ4v) is 1.92. The fourth-order valence-electron chi connectivity index (χ4n) is 1.33. The summed E-state index contributed by atoms with van der Waals surface area (Å²) in [5.41, 5.74) is 1.20. The molecule has 2 unspecified atom stereocenters. The van der Waals surface area contributed by atoms with Gasteiger partial charge in [0, 0.05) is 18.2 Å². The number of aliphatic hydroxyl groups is 2. The van der Waals surface area contributed by atoms with Gasteiger partial charge in [0.15, 0.2) is 5.12 Å². The van der Waals surface area contributed by atoms with E-state index < -0.39 is 12.2 Å². The summed E-state index contributed by atoms with van der Waals surface area (Å²) < 4.78 is 0. The minimum absolute atomic E-state index is 0.0892. The van der Waals surface area contributed by atoms with Gasteiger partial charge in [0.1, 0.15) is 6.10 Å². The molecule has 1 aromatic carbocycles. The average molecular weight is 250 g/mol. The summed E-state index contributed by atoms with van der Waals surface area (Å²) in [5.74, 6) is 2.62. The molecule has 0 amide bonds. The minimum atomic E-state index is -1.03. The molecule has 0 saturated carbocycles. The Morgan fingerprint density at radius 1 is 1.53 bits per heavy atom. The average Bonchev–Trinajstić information content (AvgIpc) is 2.35. The van der Waals surface area contributed by atoms with Crippen molar-refractivity contribution >= 4 is 16.9 Å². The van der Waals surface area contributed by atoms with E-state index in [9.17, 15) is 15.0 Å². The van der Waals surface area contributed by atoms with E-state index >= 15 is 0 Å². The zero-order valence-corrected chi connectivity index (χ0v) is 10.3. The lowest BCUT2D eigenvalue weighted by atomic mass is 10.0. The highest BCUT2D eigenvalue weighted by Crippen LogP contribution is 2.20. The first-order valence-corrected chi connectivity index (χ1v) is 6.09. The SMILES string of the molecule is C#Cc1cccc(C(O)C(O)CSC(C)=O)c1. The molecule has 0 aromatic heterocycles. The van der Waals surface area contributed by atoms with Gasteiger partial charge in [0.05, 0.1) is 6.10 Å². The smallest absolute Gasteiger partial charge is 0.185 e. The molecule has 0 aliphatic carbocycles. The molecule has 0 bridgehead atoms. The van der Waals surface area contributed by atoms with Crippen molar-refractivity contribution < 1.29 is 15.0 Å². The first kappa shape index (κ1) is 13.8. The zero-order valence-electron chi connectivity index (χ0n) is 9.46. The van der Waals surface area contributed by atoms with Crippen LogP contribution in [0.3, 0.4) is 0 Å². The normalized spacial score (nSPS) is 13.8. The molecule has 4 heteroatoms. The van der Waals surface area contributed by atoms with E-state index in [0.717, 1.165) is 11.8 Å². The Labute approximate surface area is 105 Å². The third kappa shape index (κ3) is 4.23. The van der Waals surface area contributed by atoms with Gasteiger partial charge in [-0.1, -0.05) is 29.8 Å². The number of hydrogen-bond donors (Lipinski definition) is 2. The van der Waals surface area contributed by atoms with Crippen molar-refractivity contribution in [3.05, 3.63) is 35.4 Å². The molecule has 0 aliphatic rings. The van der Waals surface area contributed by atoms with E-state index in [1.54, 1.807) is 24.3 Å². The summed E-state index contributed by atoms with van der Waals surface area (Å²) in [4.78, 5) is 10.8. The summed E-state index contributed by atoms with van der Waals surface area (Å²) >= 11 is 0.983. The molecule has 2 atom stereocenters. The number of carbonyl (C=O) groups excluding carboxylic acids is 1. The Kier molecular flexibility index (Phi) is 5.23. The standard InChI is InChI=1S/C13H14O3S/c1-3-10-5-4-6-11(7-10)13(16)12(15)8-17-9(2)14/h1,4-7,12-13,15-16H,8H2,2H3. The van der Waals surface area contributed by atoms with Crippen molar-refractivity contribution in [3.63, 3.8) is 0 Å². The largest absolute Gasteiger partial charge is 0.389 e. The molecule has 0 radical (unpaired) electrons. The van der Waals surface area contributed by atoms with E-state index in [4.69, 9.17) is 6.42 Å². The summed E-state index contributed by atoms with van der Waals surface area (Å²) in [6, 6.07) is 6.80. The van der Waals surface area contributed by atoms with Crippen LogP contribution in [-0.4, -0.2) is 27.2 Å². The number of terminal acetylenes is 1. The van der Waals surface area contributed by atoms with Crippen LogP contribution in [0.5, 0.6) is 0 Å². The molecule has 3 nitrogen and oxygen atoms in total. The molecule has 2 N–H and O–H groups in total. The van der Waals surface area contributed by atoms with Crippen molar-refractivity contribution in [2.75, 3.05) is 5.75 Å². The molecule has 0 spiro atoms. The van der Waals surface area contributed by atoms with Crippen molar-refractivity contribution in [1.82, 2.24) is 0 Å². The zero-order chi connectivity index (χ0) is 12.8. The fraction of sp³-hybridized carbons (Fsp3) is 0.308. The lowest BCUT2D eigenvalue weighted by Crippen LogP contribution is -2.21. The maximum absolute atomic E-state index is 10.8. The first-order chi connectivity index (χ1) is 8.04. The van der Waals surface area contributed by atoms with E-state index in [1.165, 1.54) is 6.92 Å². The lowest BCUT2D eigenvalue weighted by Gasteiger charge is -2.17. The maximum atomic E-state index is 10.8. The molecule has 0 fully saturated rings. The molecule has 0 saturated heterocycles. The topological polar surface area (TPSA) is 57.5 Å². The van der Waals surface area contributed by atoms with E-state index in [0.29, 0.717) is 11.1 Å². The second-order valence-electron chi connectivity index (χ2n) is 3.58. The van der Waals surface area contributed by atoms with Gasteiger partial charge in [-0.15, -0.1) is 6.42 Å². The highest BCUT2D eigenvalue weighted by molar-refractivity contribution is 8.13. The van der Waals surface area contributed by atoms with Crippen LogP contribution in [0.25, 0.3) is 0 Å².